The van der Waals surface area contributed by atoms with Crippen molar-refractivity contribution < 1.29 is 19.5 Å². The third-order valence-corrected chi connectivity index (χ3v) is 2.55. The minimum Gasteiger partial charge on any atom is -0.478 e. The smallest absolute Gasteiger partial charge is 0.339 e. The first-order valence-corrected chi connectivity index (χ1v) is 5.54. The number of carbonyl (C=O) groups is 3. The van der Waals surface area contributed by atoms with Crippen LogP contribution in [0.15, 0.2) is 18.2 Å². The average Bonchev–Trinajstić information content (AvgIpc) is 2.25. The zero-order valence-electron chi connectivity index (χ0n) is 9.80. The molecule has 0 unspecified atom stereocenters. The van der Waals surface area contributed by atoms with Gasteiger partial charge in [0.1, 0.15) is 5.56 Å². The van der Waals surface area contributed by atoms with Gasteiger partial charge in [0.25, 0.3) is 0 Å². The predicted molar refractivity (Wildman–Crippen MR) is 69.0 cm³/mol. The van der Waals surface area contributed by atoms with Crippen LogP contribution in [0.5, 0.6) is 0 Å². The molecule has 5 N–H and O–H groups in total. The Kier molecular flexibility index (Phi) is 4.71. The summed E-state index contributed by atoms with van der Waals surface area (Å²) in [6.07, 6.45) is 0. The van der Waals surface area contributed by atoms with Gasteiger partial charge in [-0.05, 0) is 12.1 Å². The largest absolute Gasteiger partial charge is 0.478 e. The van der Waals surface area contributed by atoms with Gasteiger partial charge in [0.15, 0.2) is 0 Å². The molecule has 0 aliphatic carbocycles. The van der Waals surface area contributed by atoms with Crippen molar-refractivity contribution in [3.8, 4) is 0 Å². The number of hydrogen-bond acceptors (Lipinski definition) is 4. The van der Waals surface area contributed by atoms with Crippen LogP contribution in [0, 0.1) is 0 Å². The first-order chi connectivity index (χ1) is 8.82. The summed E-state index contributed by atoms with van der Waals surface area (Å²) in [5, 5.41) is 9.11. The van der Waals surface area contributed by atoms with Gasteiger partial charge in [-0.25, -0.2) is 4.79 Å². The summed E-state index contributed by atoms with van der Waals surface area (Å²) < 4.78 is 0. The Balaban J connectivity index is 3.28. The molecule has 0 saturated heterocycles. The Morgan fingerprint density at radius 2 is 1.68 bits per heavy atom. The molecule has 2 amide bonds. The van der Waals surface area contributed by atoms with Crippen LogP contribution in [-0.2, 0) is 9.59 Å². The highest BCUT2D eigenvalue weighted by atomic mass is 35.5. The second-order valence-corrected chi connectivity index (χ2v) is 4.14. The molecule has 0 aliphatic heterocycles. The quantitative estimate of drug-likeness (QED) is 0.668. The number of halogens is 1. The SMILES string of the molecule is NC(=O)CN(CC(N)=O)c1cccc(Cl)c1C(=O)O. The van der Waals surface area contributed by atoms with Gasteiger partial charge in [0.2, 0.25) is 11.8 Å². The fraction of sp³-hybridized carbons (Fsp3) is 0.182. The van der Waals surface area contributed by atoms with Crippen LogP contribution < -0.4 is 16.4 Å². The first-order valence-electron chi connectivity index (χ1n) is 5.16. The number of nitrogens with two attached hydrogens (primary N) is 2. The topological polar surface area (TPSA) is 127 Å². The third-order valence-electron chi connectivity index (χ3n) is 2.24. The van der Waals surface area contributed by atoms with E-state index in [2.05, 4.69) is 0 Å². The van der Waals surface area contributed by atoms with Crippen LogP contribution in [0.3, 0.4) is 0 Å². The number of rotatable bonds is 6. The Morgan fingerprint density at radius 3 is 2.11 bits per heavy atom. The van der Waals surface area contributed by atoms with Gasteiger partial charge in [-0.1, -0.05) is 17.7 Å². The number of benzene rings is 1. The second-order valence-electron chi connectivity index (χ2n) is 3.73. The zero-order chi connectivity index (χ0) is 14.6. The molecule has 1 aromatic carbocycles. The number of amides is 2. The number of anilines is 1. The molecule has 8 heteroatoms. The summed E-state index contributed by atoms with van der Waals surface area (Å²) in [7, 11) is 0. The third kappa shape index (κ3) is 3.85. The molecule has 0 radical (unpaired) electrons. The van der Waals surface area contributed by atoms with Crippen molar-refractivity contribution >= 4 is 35.1 Å². The van der Waals surface area contributed by atoms with Crippen molar-refractivity contribution in [3.63, 3.8) is 0 Å². The lowest BCUT2D eigenvalue weighted by Gasteiger charge is -2.23. The van der Waals surface area contributed by atoms with Crippen molar-refractivity contribution in [2.75, 3.05) is 18.0 Å². The molecule has 1 rings (SSSR count). The van der Waals surface area contributed by atoms with Crippen LogP contribution in [0.1, 0.15) is 10.4 Å². The summed E-state index contributed by atoms with van der Waals surface area (Å²) in [6.45, 7) is -0.687. The van der Waals surface area contributed by atoms with E-state index in [1.54, 1.807) is 0 Å². The molecule has 0 heterocycles. The number of carboxylic acids is 1. The van der Waals surface area contributed by atoms with E-state index in [-0.39, 0.29) is 29.4 Å². The number of primary amides is 2. The molecule has 19 heavy (non-hydrogen) atoms. The van der Waals surface area contributed by atoms with E-state index in [1.807, 2.05) is 0 Å². The Hall–Kier alpha value is -2.28. The lowest BCUT2D eigenvalue weighted by Crippen LogP contribution is -2.40. The molecular formula is C11H12ClN3O4. The summed E-state index contributed by atoms with van der Waals surface area (Å²) in [4.78, 5) is 34.3. The molecule has 0 aromatic heterocycles. The lowest BCUT2D eigenvalue weighted by atomic mass is 10.1. The number of aromatic carboxylic acids is 1. The summed E-state index contributed by atoms with van der Waals surface area (Å²) in [5.41, 5.74) is 10.0. The van der Waals surface area contributed by atoms with Gasteiger partial charge in [0, 0.05) is 0 Å². The minimum atomic E-state index is -1.28. The maximum absolute atomic E-state index is 11.2. The van der Waals surface area contributed by atoms with Crippen LogP contribution >= 0.6 is 11.6 Å². The highest BCUT2D eigenvalue weighted by Gasteiger charge is 2.21. The van der Waals surface area contributed by atoms with E-state index in [1.165, 1.54) is 23.1 Å². The summed E-state index contributed by atoms with van der Waals surface area (Å²) in [5.74, 6) is -2.73. The first kappa shape index (κ1) is 14.8. The van der Waals surface area contributed by atoms with Crippen molar-refractivity contribution in [2.24, 2.45) is 11.5 Å². The van der Waals surface area contributed by atoms with Crippen molar-refractivity contribution in [1.29, 1.82) is 0 Å². The van der Waals surface area contributed by atoms with Crippen LogP contribution in [-0.4, -0.2) is 36.0 Å². The van der Waals surface area contributed by atoms with E-state index < -0.39 is 17.8 Å². The maximum Gasteiger partial charge on any atom is 0.339 e. The fourth-order valence-electron chi connectivity index (χ4n) is 1.59. The standard InChI is InChI=1S/C11H12ClN3O4/c12-6-2-1-3-7(10(6)11(18)19)15(4-8(13)16)5-9(14)17/h1-3H,4-5H2,(H2,13,16)(H2,14,17)(H,18,19). The Bertz CT molecular complexity index is 517. The highest BCUT2D eigenvalue weighted by Crippen LogP contribution is 2.27. The van der Waals surface area contributed by atoms with Gasteiger partial charge >= 0.3 is 5.97 Å². The van der Waals surface area contributed by atoms with Gasteiger partial charge in [-0.3, -0.25) is 9.59 Å². The predicted octanol–water partition coefficient (Wildman–Crippen LogP) is -0.185. The summed E-state index contributed by atoms with van der Waals surface area (Å²) >= 11 is 5.80. The maximum atomic E-state index is 11.2. The molecule has 1 aromatic rings. The number of carboxylic acid groups (broad SMARTS) is 1. The average molecular weight is 286 g/mol. The van der Waals surface area contributed by atoms with Gasteiger partial charge in [-0.2, -0.15) is 0 Å². The number of hydrogen-bond donors (Lipinski definition) is 3. The lowest BCUT2D eigenvalue weighted by molar-refractivity contribution is -0.117. The monoisotopic (exact) mass is 285 g/mol. The number of nitrogens with zero attached hydrogens (tertiary/aromatic N) is 1. The molecule has 0 aliphatic rings. The number of carbonyl (C=O) groups excluding carboxylic acids is 2. The van der Waals surface area contributed by atoms with Crippen molar-refractivity contribution in [3.05, 3.63) is 28.8 Å². The van der Waals surface area contributed by atoms with Crippen LogP contribution in [0.25, 0.3) is 0 Å². The van der Waals surface area contributed by atoms with Crippen LogP contribution in [0.2, 0.25) is 5.02 Å². The molecule has 7 nitrogen and oxygen atoms in total. The highest BCUT2D eigenvalue weighted by molar-refractivity contribution is 6.34. The molecular weight excluding hydrogens is 274 g/mol. The second kappa shape index (κ2) is 6.05. The van der Waals surface area contributed by atoms with Gasteiger partial charge in [-0.15, -0.1) is 0 Å². The Labute approximate surface area is 113 Å². The Morgan fingerprint density at radius 1 is 1.16 bits per heavy atom. The molecule has 0 atom stereocenters. The van der Waals surface area contributed by atoms with Gasteiger partial charge < -0.3 is 21.5 Å². The summed E-state index contributed by atoms with van der Waals surface area (Å²) in [6, 6.07) is 4.31. The molecule has 0 saturated carbocycles. The molecule has 102 valence electrons. The normalized spacial score (nSPS) is 9.95. The van der Waals surface area contributed by atoms with E-state index >= 15 is 0 Å². The van der Waals surface area contributed by atoms with E-state index in [4.69, 9.17) is 28.2 Å². The molecule has 0 bridgehead atoms. The molecule has 0 spiro atoms. The van der Waals surface area contributed by atoms with E-state index in [0.717, 1.165) is 0 Å². The van der Waals surface area contributed by atoms with Crippen molar-refractivity contribution in [2.45, 2.75) is 0 Å². The minimum absolute atomic E-state index is 0.0102. The van der Waals surface area contributed by atoms with E-state index in [9.17, 15) is 14.4 Å². The fourth-order valence-corrected chi connectivity index (χ4v) is 1.84. The van der Waals surface area contributed by atoms with E-state index in [0.29, 0.717) is 0 Å². The molecule has 0 fully saturated rings. The van der Waals surface area contributed by atoms with Gasteiger partial charge in [0.05, 0.1) is 23.8 Å². The van der Waals surface area contributed by atoms with Crippen molar-refractivity contribution in [1.82, 2.24) is 0 Å². The van der Waals surface area contributed by atoms with Crippen LogP contribution in [0.4, 0.5) is 5.69 Å². The zero-order valence-corrected chi connectivity index (χ0v) is 10.6.